The molecule has 4 rings (SSSR count). The number of aromatic nitrogens is 3. The molecule has 1 aliphatic carbocycles. The second-order valence-electron chi connectivity index (χ2n) is 6.40. The maximum atomic E-state index is 10.8. The van der Waals surface area contributed by atoms with E-state index >= 15 is 0 Å². The summed E-state index contributed by atoms with van der Waals surface area (Å²) in [5.41, 5.74) is 1.50. The quantitative estimate of drug-likeness (QED) is 0.677. The van der Waals surface area contributed by atoms with Crippen LogP contribution in [0.5, 0.6) is 11.8 Å². The van der Waals surface area contributed by atoms with Crippen molar-refractivity contribution >= 4 is 17.6 Å². The van der Waals surface area contributed by atoms with Crippen molar-refractivity contribution in [3.63, 3.8) is 0 Å². The van der Waals surface area contributed by atoms with Crippen molar-refractivity contribution in [2.45, 2.75) is 25.2 Å². The first kappa shape index (κ1) is 17.4. The van der Waals surface area contributed by atoms with Crippen molar-refractivity contribution < 1.29 is 14.6 Å². The number of aliphatic carboxylic acids is 1. The minimum Gasteiger partial charge on any atom is -0.481 e. The Bertz CT molecular complexity index is 988. The lowest BCUT2D eigenvalue weighted by atomic mass is 10.1. The zero-order valence-electron chi connectivity index (χ0n) is 14.3. The molecule has 27 heavy (non-hydrogen) atoms. The maximum absolute atomic E-state index is 10.8. The Kier molecular flexibility index (Phi) is 4.73. The molecule has 0 saturated heterocycles. The Hall–Kier alpha value is -2.99. The van der Waals surface area contributed by atoms with E-state index in [1.54, 1.807) is 36.4 Å². The van der Waals surface area contributed by atoms with E-state index in [0.717, 1.165) is 24.2 Å². The van der Waals surface area contributed by atoms with Crippen LogP contribution in [-0.2, 0) is 11.2 Å². The van der Waals surface area contributed by atoms with Gasteiger partial charge in [-0.3, -0.25) is 4.79 Å². The van der Waals surface area contributed by atoms with Gasteiger partial charge in [0.2, 0.25) is 0 Å². The molecule has 2 aromatic carbocycles. The topological polar surface area (TPSA) is 85.2 Å². The minimum absolute atomic E-state index is 0.0310. The van der Waals surface area contributed by atoms with Gasteiger partial charge in [-0.15, -0.1) is 0 Å². The van der Waals surface area contributed by atoms with Crippen molar-refractivity contribution in [1.29, 1.82) is 0 Å². The summed E-state index contributed by atoms with van der Waals surface area (Å²) < 4.78 is 5.81. The second-order valence-corrected chi connectivity index (χ2v) is 6.84. The van der Waals surface area contributed by atoms with Gasteiger partial charge >= 0.3 is 12.0 Å². The summed E-state index contributed by atoms with van der Waals surface area (Å²) in [4.78, 5) is 24.2. The number of carboxylic acids is 1. The summed E-state index contributed by atoms with van der Waals surface area (Å²) in [6, 6.07) is 14.4. The van der Waals surface area contributed by atoms with Crippen LogP contribution in [0.4, 0.5) is 0 Å². The van der Waals surface area contributed by atoms with Crippen molar-refractivity contribution in [2.24, 2.45) is 0 Å². The average Bonchev–Trinajstić information content (AvgIpc) is 3.48. The van der Waals surface area contributed by atoms with Crippen molar-refractivity contribution in [2.75, 3.05) is 0 Å². The molecule has 0 spiro atoms. The second kappa shape index (κ2) is 7.32. The summed E-state index contributed by atoms with van der Waals surface area (Å²) in [6.45, 7) is 0. The van der Waals surface area contributed by atoms with E-state index in [2.05, 4.69) is 15.0 Å². The Morgan fingerprint density at radius 2 is 1.89 bits per heavy atom. The zero-order chi connectivity index (χ0) is 18.8. The molecule has 136 valence electrons. The van der Waals surface area contributed by atoms with E-state index in [1.165, 1.54) is 0 Å². The van der Waals surface area contributed by atoms with E-state index in [9.17, 15) is 4.79 Å². The number of carbonyl (C=O) groups is 1. The van der Waals surface area contributed by atoms with E-state index in [4.69, 9.17) is 21.4 Å². The molecule has 3 aromatic rings. The number of rotatable bonds is 6. The summed E-state index contributed by atoms with van der Waals surface area (Å²) in [7, 11) is 0. The normalized spacial score (nSPS) is 13.4. The van der Waals surface area contributed by atoms with Crippen LogP contribution in [0.25, 0.3) is 11.4 Å². The first-order valence-corrected chi connectivity index (χ1v) is 8.95. The molecule has 6 nitrogen and oxygen atoms in total. The number of carboxylic acid groups (broad SMARTS) is 1. The lowest BCUT2D eigenvalue weighted by Crippen LogP contribution is -2.03. The fraction of sp³-hybridized carbons (Fsp3) is 0.200. The molecule has 0 atom stereocenters. The third-order valence-electron chi connectivity index (χ3n) is 4.15. The van der Waals surface area contributed by atoms with Gasteiger partial charge in [-0.1, -0.05) is 35.9 Å². The molecule has 1 saturated carbocycles. The number of halogens is 1. The van der Waals surface area contributed by atoms with Gasteiger partial charge in [-0.2, -0.15) is 9.97 Å². The van der Waals surface area contributed by atoms with Crippen molar-refractivity contribution in [1.82, 2.24) is 15.0 Å². The smallest absolute Gasteiger partial charge is 0.325 e. The molecule has 0 aliphatic heterocycles. The Morgan fingerprint density at radius 1 is 1.11 bits per heavy atom. The lowest BCUT2D eigenvalue weighted by molar-refractivity contribution is -0.136. The Labute approximate surface area is 160 Å². The minimum atomic E-state index is -0.874. The highest BCUT2D eigenvalue weighted by molar-refractivity contribution is 6.30. The van der Waals surface area contributed by atoms with Crippen LogP contribution in [0.2, 0.25) is 5.02 Å². The third kappa shape index (κ3) is 4.41. The predicted octanol–water partition coefficient (Wildman–Crippen LogP) is 4.49. The number of benzene rings is 2. The van der Waals surface area contributed by atoms with Gasteiger partial charge in [0.1, 0.15) is 11.6 Å². The monoisotopic (exact) mass is 381 g/mol. The molecule has 1 aliphatic rings. The van der Waals surface area contributed by atoms with Crippen molar-refractivity contribution in [3.8, 4) is 23.1 Å². The van der Waals surface area contributed by atoms with Crippen LogP contribution in [0.3, 0.4) is 0 Å². The van der Waals surface area contributed by atoms with Crippen LogP contribution >= 0.6 is 11.6 Å². The maximum Gasteiger partial charge on any atom is 0.325 e. The fourth-order valence-corrected chi connectivity index (χ4v) is 2.84. The largest absolute Gasteiger partial charge is 0.481 e. The van der Waals surface area contributed by atoms with E-state index in [-0.39, 0.29) is 12.4 Å². The summed E-state index contributed by atoms with van der Waals surface area (Å²) in [6.07, 6.45) is 2.08. The van der Waals surface area contributed by atoms with Gasteiger partial charge in [0, 0.05) is 16.5 Å². The van der Waals surface area contributed by atoms with Gasteiger partial charge in [0.05, 0.1) is 6.42 Å². The molecule has 1 N–H and O–H groups in total. The van der Waals surface area contributed by atoms with Gasteiger partial charge in [-0.25, -0.2) is 4.98 Å². The number of ether oxygens (including phenoxy) is 1. The number of hydrogen-bond acceptors (Lipinski definition) is 5. The van der Waals surface area contributed by atoms with Gasteiger partial charge < -0.3 is 9.84 Å². The lowest BCUT2D eigenvalue weighted by Gasteiger charge is -2.09. The zero-order valence-corrected chi connectivity index (χ0v) is 15.1. The molecule has 0 radical (unpaired) electrons. The molecule has 0 unspecified atom stereocenters. The van der Waals surface area contributed by atoms with Crippen LogP contribution in [0.1, 0.15) is 30.1 Å². The highest BCUT2D eigenvalue weighted by Gasteiger charge is 2.28. The summed E-state index contributed by atoms with van der Waals surface area (Å²) in [5, 5.41) is 9.46. The van der Waals surface area contributed by atoms with Crippen LogP contribution in [0.15, 0.2) is 48.5 Å². The first-order chi connectivity index (χ1) is 13.1. The first-order valence-electron chi connectivity index (χ1n) is 8.57. The highest BCUT2D eigenvalue weighted by Crippen LogP contribution is 2.39. The Morgan fingerprint density at radius 3 is 2.56 bits per heavy atom. The van der Waals surface area contributed by atoms with E-state index < -0.39 is 5.97 Å². The number of nitrogens with zero attached hydrogens (tertiary/aromatic N) is 3. The van der Waals surface area contributed by atoms with Crippen molar-refractivity contribution in [3.05, 3.63) is 64.9 Å². The molecule has 7 heteroatoms. The molecule has 1 heterocycles. The molecule has 1 aromatic heterocycles. The van der Waals surface area contributed by atoms with E-state index in [0.29, 0.717) is 28.1 Å². The Balaban J connectivity index is 1.63. The predicted molar refractivity (Wildman–Crippen MR) is 100 cm³/mol. The van der Waals surface area contributed by atoms with Gasteiger partial charge in [0.15, 0.2) is 5.82 Å². The molecule has 0 bridgehead atoms. The standard InChI is InChI=1S/C20H16ClN3O3/c21-15-3-1-2-14(11-15)19-22-18(13-6-7-13)23-20(24-19)27-16-8-4-12(5-9-16)10-17(25)26/h1-5,8-9,11,13H,6-7,10H2,(H,25,26). The van der Waals surface area contributed by atoms with E-state index in [1.807, 2.05) is 12.1 Å². The van der Waals surface area contributed by atoms with Crippen LogP contribution in [-0.4, -0.2) is 26.0 Å². The molecule has 0 amide bonds. The molecular formula is C20H16ClN3O3. The average molecular weight is 382 g/mol. The van der Waals surface area contributed by atoms with Gasteiger partial charge in [-0.05, 0) is 42.7 Å². The molecular weight excluding hydrogens is 366 g/mol. The third-order valence-corrected chi connectivity index (χ3v) is 4.38. The summed E-state index contributed by atoms with van der Waals surface area (Å²) in [5.74, 6) is 1.24. The molecule has 1 fully saturated rings. The van der Waals surface area contributed by atoms with Crippen LogP contribution in [0, 0.1) is 0 Å². The highest BCUT2D eigenvalue weighted by atomic mass is 35.5. The van der Waals surface area contributed by atoms with Gasteiger partial charge in [0.25, 0.3) is 0 Å². The SMILES string of the molecule is O=C(O)Cc1ccc(Oc2nc(-c3cccc(Cl)c3)nc(C3CC3)n2)cc1. The van der Waals surface area contributed by atoms with Crippen LogP contribution < -0.4 is 4.74 Å². The fourth-order valence-electron chi connectivity index (χ4n) is 2.65. The number of hydrogen-bond donors (Lipinski definition) is 1. The summed E-state index contributed by atoms with van der Waals surface area (Å²) >= 11 is 6.09.